The molecular formula is C47H89NO8. The topological polar surface area (TPSA) is 139 Å². The molecule has 0 saturated carbocycles. The van der Waals surface area contributed by atoms with Crippen LogP contribution in [-0.2, 0) is 28.7 Å². The number of esters is 2. The fourth-order valence-corrected chi connectivity index (χ4v) is 7.29. The number of carbonyl (C=O) groups excluding carboxylic acids is 3. The number of carbonyl (C=O) groups is 4. The highest BCUT2D eigenvalue weighted by molar-refractivity contribution is 5.77. The van der Waals surface area contributed by atoms with E-state index in [1.165, 1.54) is 128 Å². The van der Waals surface area contributed by atoms with Crippen LogP contribution >= 0.6 is 0 Å². The van der Waals surface area contributed by atoms with Crippen molar-refractivity contribution in [3.8, 4) is 0 Å². The number of hydrogen-bond donors (Lipinski definition) is 3. The van der Waals surface area contributed by atoms with Crippen LogP contribution in [0.1, 0.15) is 252 Å². The van der Waals surface area contributed by atoms with Crippen molar-refractivity contribution >= 4 is 23.8 Å². The molecule has 9 nitrogen and oxygen atoms in total. The van der Waals surface area contributed by atoms with Gasteiger partial charge in [0.2, 0.25) is 5.91 Å². The molecule has 0 aromatic rings. The highest BCUT2D eigenvalue weighted by atomic mass is 16.6. The van der Waals surface area contributed by atoms with Crippen LogP contribution in [0.15, 0.2) is 0 Å². The molecule has 56 heavy (non-hydrogen) atoms. The Balaban J connectivity index is 4.81. The molecule has 0 saturated heterocycles. The standard InChI is InChI=1S/C47H89NO8/c1-4-7-10-13-16-19-20-23-26-29-32-35-46(53)56-43(34-31-28-25-22-18-15-12-9-6-3)39-47(54)55-40-41(36-37-45(51)52)48-44(50)38-42(49)33-30-27-24-21-17-14-11-8-5-2/h41-43,49H,4-40H2,1-3H3,(H,48,50)(H,51,52). The highest BCUT2D eigenvalue weighted by Crippen LogP contribution is 2.18. The highest BCUT2D eigenvalue weighted by Gasteiger charge is 2.22. The summed E-state index contributed by atoms with van der Waals surface area (Å²) in [5.74, 6) is -2.21. The SMILES string of the molecule is CCCCCCCCCCCCCC(=O)OC(CCCCCCCCCCC)CC(=O)OCC(CCC(=O)O)NC(=O)CC(O)CCCCCCCCCCC. The second-order valence-electron chi connectivity index (χ2n) is 16.6. The molecule has 0 radical (unpaired) electrons. The number of carboxylic acids is 1. The molecule has 3 N–H and O–H groups in total. The Kier molecular flexibility index (Phi) is 39.4. The van der Waals surface area contributed by atoms with E-state index in [0.717, 1.165) is 57.8 Å². The lowest BCUT2D eigenvalue weighted by Crippen LogP contribution is -2.40. The summed E-state index contributed by atoms with van der Waals surface area (Å²) in [6.07, 6.45) is 34.2. The van der Waals surface area contributed by atoms with Gasteiger partial charge in [-0.25, -0.2) is 0 Å². The summed E-state index contributed by atoms with van der Waals surface area (Å²) in [7, 11) is 0. The van der Waals surface area contributed by atoms with Crippen LogP contribution in [0, 0.1) is 0 Å². The van der Waals surface area contributed by atoms with E-state index in [1.54, 1.807) is 0 Å². The van der Waals surface area contributed by atoms with Gasteiger partial charge < -0.3 is 25.0 Å². The second-order valence-corrected chi connectivity index (χ2v) is 16.6. The lowest BCUT2D eigenvalue weighted by molar-refractivity contribution is -0.156. The Bertz CT molecular complexity index is 928. The van der Waals surface area contributed by atoms with E-state index in [4.69, 9.17) is 9.47 Å². The number of nitrogens with one attached hydrogen (secondary N) is 1. The number of carboxylic acid groups (broad SMARTS) is 1. The molecule has 0 aromatic carbocycles. The van der Waals surface area contributed by atoms with Gasteiger partial charge >= 0.3 is 17.9 Å². The van der Waals surface area contributed by atoms with Gasteiger partial charge in [-0.1, -0.05) is 194 Å². The molecule has 0 aliphatic carbocycles. The molecule has 3 unspecified atom stereocenters. The molecule has 0 aliphatic heterocycles. The molecule has 0 bridgehead atoms. The van der Waals surface area contributed by atoms with Crippen molar-refractivity contribution in [1.29, 1.82) is 0 Å². The number of hydrogen-bond acceptors (Lipinski definition) is 7. The summed E-state index contributed by atoms with van der Waals surface area (Å²) >= 11 is 0. The van der Waals surface area contributed by atoms with E-state index in [1.807, 2.05) is 0 Å². The Hall–Kier alpha value is -2.16. The number of rotatable bonds is 43. The van der Waals surface area contributed by atoms with Crippen molar-refractivity contribution < 1.29 is 38.9 Å². The monoisotopic (exact) mass is 796 g/mol. The fraction of sp³-hybridized carbons (Fsp3) is 0.915. The number of amides is 1. The molecule has 0 aliphatic rings. The molecule has 3 atom stereocenters. The first-order valence-corrected chi connectivity index (χ1v) is 23.8. The maximum Gasteiger partial charge on any atom is 0.309 e. The van der Waals surface area contributed by atoms with Gasteiger partial charge in [0.15, 0.2) is 0 Å². The minimum Gasteiger partial charge on any atom is -0.481 e. The molecule has 0 aromatic heterocycles. The molecule has 0 heterocycles. The van der Waals surface area contributed by atoms with Crippen LogP contribution in [-0.4, -0.2) is 58.9 Å². The zero-order valence-corrected chi connectivity index (χ0v) is 36.7. The predicted octanol–water partition coefficient (Wildman–Crippen LogP) is 12.5. The summed E-state index contributed by atoms with van der Waals surface area (Å²) in [5, 5.41) is 22.5. The van der Waals surface area contributed by atoms with Crippen LogP contribution in [0.3, 0.4) is 0 Å². The Morgan fingerprint density at radius 2 is 0.893 bits per heavy atom. The van der Waals surface area contributed by atoms with Crippen LogP contribution in [0.2, 0.25) is 0 Å². The average molecular weight is 796 g/mol. The van der Waals surface area contributed by atoms with Gasteiger partial charge in [-0.3, -0.25) is 19.2 Å². The van der Waals surface area contributed by atoms with Crippen molar-refractivity contribution in [1.82, 2.24) is 5.32 Å². The van der Waals surface area contributed by atoms with Gasteiger partial charge in [0.1, 0.15) is 12.7 Å². The second kappa shape index (κ2) is 41.0. The minimum atomic E-state index is -1.01. The van der Waals surface area contributed by atoms with Crippen molar-refractivity contribution in [2.75, 3.05) is 6.61 Å². The first kappa shape index (κ1) is 53.8. The van der Waals surface area contributed by atoms with Crippen molar-refractivity contribution in [3.63, 3.8) is 0 Å². The maximum absolute atomic E-state index is 13.0. The summed E-state index contributed by atoms with van der Waals surface area (Å²) in [6, 6.07) is -0.693. The molecule has 9 heteroatoms. The third-order valence-corrected chi connectivity index (χ3v) is 10.9. The quantitative estimate of drug-likeness (QED) is 0.0409. The number of ether oxygens (including phenoxy) is 2. The first-order valence-electron chi connectivity index (χ1n) is 23.8. The van der Waals surface area contributed by atoms with Crippen LogP contribution in [0.4, 0.5) is 0 Å². The predicted molar refractivity (Wildman–Crippen MR) is 230 cm³/mol. The normalized spacial score (nSPS) is 12.9. The largest absolute Gasteiger partial charge is 0.481 e. The van der Waals surface area contributed by atoms with Gasteiger partial charge in [0.05, 0.1) is 25.0 Å². The number of aliphatic hydroxyl groups excluding tert-OH is 1. The van der Waals surface area contributed by atoms with E-state index < -0.39 is 30.2 Å². The van der Waals surface area contributed by atoms with E-state index in [0.29, 0.717) is 19.3 Å². The fourth-order valence-electron chi connectivity index (χ4n) is 7.29. The third-order valence-electron chi connectivity index (χ3n) is 10.9. The van der Waals surface area contributed by atoms with E-state index in [-0.39, 0.29) is 44.2 Å². The van der Waals surface area contributed by atoms with Crippen molar-refractivity contribution in [2.45, 2.75) is 270 Å². The zero-order chi connectivity index (χ0) is 41.3. The summed E-state index contributed by atoms with van der Waals surface area (Å²) < 4.78 is 11.4. The Morgan fingerprint density at radius 1 is 0.482 bits per heavy atom. The van der Waals surface area contributed by atoms with Gasteiger partial charge in [-0.15, -0.1) is 0 Å². The average Bonchev–Trinajstić information content (AvgIpc) is 3.16. The van der Waals surface area contributed by atoms with Crippen molar-refractivity contribution in [2.24, 2.45) is 0 Å². The number of aliphatic hydroxyl groups is 1. The first-order chi connectivity index (χ1) is 27.2. The van der Waals surface area contributed by atoms with Crippen LogP contribution in [0.5, 0.6) is 0 Å². The van der Waals surface area contributed by atoms with E-state index in [9.17, 15) is 29.4 Å². The molecule has 330 valence electrons. The minimum absolute atomic E-state index is 0.0714. The smallest absolute Gasteiger partial charge is 0.309 e. The van der Waals surface area contributed by atoms with Gasteiger partial charge in [-0.05, 0) is 32.1 Å². The molecule has 0 fully saturated rings. The van der Waals surface area contributed by atoms with Crippen LogP contribution in [0.25, 0.3) is 0 Å². The Morgan fingerprint density at radius 3 is 1.34 bits per heavy atom. The number of unbranched alkanes of at least 4 members (excludes halogenated alkanes) is 26. The lowest BCUT2D eigenvalue weighted by Gasteiger charge is -2.21. The summed E-state index contributed by atoms with van der Waals surface area (Å²) in [4.78, 5) is 50.0. The molecule has 0 rings (SSSR count). The summed E-state index contributed by atoms with van der Waals surface area (Å²) in [6.45, 7) is 6.50. The van der Waals surface area contributed by atoms with Gasteiger partial charge in [0.25, 0.3) is 0 Å². The number of aliphatic carboxylic acids is 1. The zero-order valence-electron chi connectivity index (χ0n) is 36.7. The van der Waals surface area contributed by atoms with Crippen LogP contribution < -0.4 is 5.32 Å². The summed E-state index contributed by atoms with van der Waals surface area (Å²) in [5.41, 5.74) is 0. The Labute approximate surface area is 344 Å². The molecular weight excluding hydrogens is 707 g/mol. The lowest BCUT2D eigenvalue weighted by atomic mass is 10.0. The molecule has 1 amide bonds. The van der Waals surface area contributed by atoms with Crippen molar-refractivity contribution in [3.05, 3.63) is 0 Å². The van der Waals surface area contributed by atoms with Gasteiger partial charge in [-0.2, -0.15) is 0 Å². The third kappa shape index (κ3) is 38.7. The maximum atomic E-state index is 13.0. The van der Waals surface area contributed by atoms with Gasteiger partial charge in [0, 0.05) is 12.8 Å². The molecule has 0 spiro atoms. The van der Waals surface area contributed by atoms with E-state index >= 15 is 0 Å². The van der Waals surface area contributed by atoms with E-state index in [2.05, 4.69) is 26.1 Å².